The number of fused-ring (bicyclic) bond motifs is 1. The largest absolute Gasteiger partial charge is 0.416 e. The summed E-state index contributed by atoms with van der Waals surface area (Å²) >= 11 is 0. The van der Waals surface area contributed by atoms with Crippen molar-refractivity contribution in [1.29, 1.82) is 0 Å². The molecule has 11 heteroatoms. The molecule has 0 saturated carbocycles. The summed E-state index contributed by atoms with van der Waals surface area (Å²) in [6.45, 7) is 2.57. The Kier molecular flexibility index (Phi) is 5.25. The Morgan fingerprint density at radius 1 is 1.16 bits per heavy atom. The number of halogens is 3. The summed E-state index contributed by atoms with van der Waals surface area (Å²) in [6, 6.07) is 4.85. The maximum absolute atomic E-state index is 13.0. The molecule has 0 bridgehead atoms. The van der Waals surface area contributed by atoms with Gasteiger partial charge < -0.3 is 10.3 Å². The molecule has 0 aliphatic carbocycles. The zero-order valence-electron chi connectivity index (χ0n) is 16.9. The number of hydrogen-bond donors (Lipinski definition) is 2. The van der Waals surface area contributed by atoms with Crippen molar-refractivity contribution < 1.29 is 13.2 Å². The molecule has 0 atom stereocenters. The van der Waals surface area contributed by atoms with Gasteiger partial charge in [0.2, 0.25) is 5.95 Å². The predicted molar refractivity (Wildman–Crippen MR) is 109 cm³/mol. The van der Waals surface area contributed by atoms with Crippen LogP contribution in [0.15, 0.2) is 41.5 Å². The van der Waals surface area contributed by atoms with E-state index >= 15 is 0 Å². The van der Waals surface area contributed by atoms with Gasteiger partial charge in [0, 0.05) is 26.3 Å². The summed E-state index contributed by atoms with van der Waals surface area (Å²) in [5.74, 6) is 0.791. The number of anilines is 1. The summed E-state index contributed by atoms with van der Waals surface area (Å²) < 4.78 is 41.4. The van der Waals surface area contributed by atoms with Crippen molar-refractivity contribution in [2.45, 2.75) is 32.6 Å². The fourth-order valence-corrected chi connectivity index (χ4v) is 3.22. The van der Waals surface area contributed by atoms with Crippen LogP contribution < -0.4 is 10.9 Å². The van der Waals surface area contributed by atoms with E-state index in [1.54, 1.807) is 24.1 Å². The molecule has 0 spiro atoms. The number of rotatable bonds is 6. The van der Waals surface area contributed by atoms with E-state index in [0.29, 0.717) is 30.3 Å². The number of alkyl halides is 3. The van der Waals surface area contributed by atoms with Crippen molar-refractivity contribution in [2.75, 3.05) is 5.32 Å². The van der Waals surface area contributed by atoms with Gasteiger partial charge in [-0.3, -0.25) is 14.0 Å². The molecule has 1 aromatic carbocycles. The lowest BCUT2D eigenvalue weighted by molar-refractivity contribution is -0.137. The van der Waals surface area contributed by atoms with Gasteiger partial charge in [0.15, 0.2) is 11.2 Å². The average Bonchev–Trinajstić information content (AvgIpc) is 3.35. The second-order valence-electron chi connectivity index (χ2n) is 7.13. The second-order valence-corrected chi connectivity index (χ2v) is 7.13. The molecule has 3 heterocycles. The van der Waals surface area contributed by atoms with E-state index in [1.165, 1.54) is 16.7 Å². The predicted octanol–water partition coefficient (Wildman–Crippen LogP) is 3.56. The van der Waals surface area contributed by atoms with Gasteiger partial charge in [-0.05, 0) is 24.1 Å². The number of aromatic nitrogens is 6. The van der Waals surface area contributed by atoms with Crippen molar-refractivity contribution in [1.82, 2.24) is 29.3 Å². The first-order valence-electron chi connectivity index (χ1n) is 9.66. The minimum absolute atomic E-state index is 0.208. The van der Waals surface area contributed by atoms with Gasteiger partial charge in [-0.1, -0.05) is 19.1 Å². The van der Waals surface area contributed by atoms with E-state index in [9.17, 15) is 18.0 Å². The number of nitrogens with zero attached hydrogens (tertiary/aromatic N) is 5. The maximum Gasteiger partial charge on any atom is 0.416 e. The molecule has 0 saturated heterocycles. The molecule has 0 aliphatic rings. The molecule has 0 unspecified atom stereocenters. The number of H-pyrrole nitrogens is 1. The number of imidazole rings is 1. The van der Waals surface area contributed by atoms with Crippen molar-refractivity contribution in [3.05, 3.63) is 58.1 Å². The van der Waals surface area contributed by atoms with Crippen LogP contribution in [0.25, 0.3) is 22.6 Å². The molecule has 162 valence electrons. The Morgan fingerprint density at radius 3 is 2.52 bits per heavy atom. The van der Waals surface area contributed by atoms with E-state index in [2.05, 4.69) is 25.4 Å². The van der Waals surface area contributed by atoms with E-state index in [1.807, 2.05) is 6.92 Å². The molecular weight excluding hydrogens is 411 g/mol. The van der Waals surface area contributed by atoms with Gasteiger partial charge in [0.05, 0.1) is 17.3 Å². The van der Waals surface area contributed by atoms with Crippen LogP contribution >= 0.6 is 0 Å². The zero-order valence-corrected chi connectivity index (χ0v) is 16.9. The lowest BCUT2D eigenvalue weighted by Gasteiger charge is -2.13. The normalized spacial score (nSPS) is 11.9. The SMILES string of the molecule is CCCn1c(NCc2ccc(C(F)(F)F)cc2)nc2nc(-c3cnn(C)c3)[nH]c2c1=O. The first-order chi connectivity index (χ1) is 14.8. The Labute approximate surface area is 174 Å². The summed E-state index contributed by atoms with van der Waals surface area (Å²) in [6.07, 6.45) is -0.282. The number of aryl methyl sites for hydroxylation is 1. The highest BCUT2D eigenvalue weighted by atomic mass is 19.4. The maximum atomic E-state index is 13.0. The van der Waals surface area contributed by atoms with Gasteiger partial charge in [-0.15, -0.1) is 0 Å². The van der Waals surface area contributed by atoms with Crippen LogP contribution in [0, 0.1) is 0 Å². The number of hydrogen-bond acceptors (Lipinski definition) is 5. The first-order valence-corrected chi connectivity index (χ1v) is 9.66. The highest BCUT2D eigenvalue weighted by molar-refractivity contribution is 5.75. The third kappa shape index (κ3) is 4.16. The number of benzene rings is 1. The van der Waals surface area contributed by atoms with E-state index in [-0.39, 0.29) is 23.3 Å². The summed E-state index contributed by atoms with van der Waals surface area (Å²) in [5, 5.41) is 7.16. The number of nitrogens with one attached hydrogen (secondary N) is 2. The lowest BCUT2D eigenvalue weighted by Crippen LogP contribution is -2.25. The van der Waals surface area contributed by atoms with Gasteiger partial charge >= 0.3 is 6.18 Å². The van der Waals surface area contributed by atoms with Crippen LogP contribution in [0.4, 0.5) is 19.1 Å². The minimum atomic E-state index is -4.38. The lowest BCUT2D eigenvalue weighted by atomic mass is 10.1. The Hall–Kier alpha value is -3.63. The molecule has 31 heavy (non-hydrogen) atoms. The minimum Gasteiger partial charge on any atom is -0.351 e. The van der Waals surface area contributed by atoms with Crippen molar-refractivity contribution in [3.63, 3.8) is 0 Å². The summed E-state index contributed by atoms with van der Waals surface area (Å²) in [7, 11) is 1.78. The van der Waals surface area contributed by atoms with Gasteiger partial charge in [-0.25, -0.2) is 4.98 Å². The Balaban J connectivity index is 1.66. The van der Waals surface area contributed by atoms with Crippen molar-refractivity contribution >= 4 is 17.1 Å². The molecule has 4 rings (SSSR count). The Morgan fingerprint density at radius 2 is 1.90 bits per heavy atom. The molecule has 8 nitrogen and oxygen atoms in total. The summed E-state index contributed by atoms with van der Waals surface area (Å²) in [4.78, 5) is 24.9. The van der Waals surface area contributed by atoms with Crippen LogP contribution in [-0.2, 0) is 26.3 Å². The molecule has 0 fully saturated rings. The van der Waals surface area contributed by atoms with Crippen LogP contribution in [0.2, 0.25) is 0 Å². The number of aromatic amines is 1. The quantitative estimate of drug-likeness (QED) is 0.487. The molecule has 0 aliphatic heterocycles. The fraction of sp³-hybridized carbons (Fsp3) is 0.300. The second kappa shape index (κ2) is 7.89. The summed E-state index contributed by atoms with van der Waals surface area (Å²) in [5.41, 5.74) is 0.908. The third-order valence-electron chi connectivity index (χ3n) is 4.77. The van der Waals surface area contributed by atoms with E-state index in [0.717, 1.165) is 17.7 Å². The first kappa shape index (κ1) is 20.6. The van der Waals surface area contributed by atoms with Gasteiger partial charge in [-0.2, -0.15) is 23.3 Å². The molecule has 0 amide bonds. The third-order valence-corrected chi connectivity index (χ3v) is 4.77. The molecule has 0 radical (unpaired) electrons. The van der Waals surface area contributed by atoms with Gasteiger partial charge in [0.1, 0.15) is 5.82 Å². The van der Waals surface area contributed by atoms with Crippen molar-refractivity contribution in [3.8, 4) is 11.4 Å². The highest BCUT2D eigenvalue weighted by Gasteiger charge is 2.29. The average molecular weight is 431 g/mol. The fourth-order valence-electron chi connectivity index (χ4n) is 3.22. The molecular formula is C20H20F3N7O. The topological polar surface area (TPSA) is 93.4 Å². The highest BCUT2D eigenvalue weighted by Crippen LogP contribution is 2.29. The molecule has 2 N–H and O–H groups in total. The zero-order chi connectivity index (χ0) is 22.2. The van der Waals surface area contributed by atoms with Crippen molar-refractivity contribution in [2.24, 2.45) is 7.05 Å². The van der Waals surface area contributed by atoms with Gasteiger partial charge in [0.25, 0.3) is 5.56 Å². The monoisotopic (exact) mass is 431 g/mol. The van der Waals surface area contributed by atoms with Crippen LogP contribution in [-0.4, -0.2) is 29.3 Å². The van der Waals surface area contributed by atoms with Crippen LogP contribution in [0.1, 0.15) is 24.5 Å². The standard InChI is InChI=1S/C20H20F3N7O/c1-3-8-30-18(31)15-17(27-16(26-15)13-10-25-29(2)11-13)28-19(30)24-9-12-4-6-14(7-5-12)20(21,22)23/h4-7,10-11H,3,8-9H2,1-2H3,(H,24,28)(H,26,27). The van der Waals surface area contributed by atoms with E-state index < -0.39 is 11.7 Å². The Bertz CT molecular complexity index is 1270. The van der Waals surface area contributed by atoms with E-state index in [4.69, 9.17) is 0 Å². The van der Waals surface area contributed by atoms with Crippen LogP contribution in [0.3, 0.4) is 0 Å². The smallest absolute Gasteiger partial charge is 0.351 e. The van der Waals surface area contributed by atoms with Crippen LogP contribution in [0.5, 0.6) is 0 Å². The molecule has 3 aromatic heterocycles. The molecule has 4 aromatic rings.